The number of nitrogens with zero attached hydrogens (tertiary/aromatic N) is 1. The van der Waals surface area contributed by atoms with Crippen LogP contribution in [0.5, 0.6) is 0 Å². The Labute approximate surface area is 126 Å². The summed E-state index contributed by atoms with van der Waals surface area (Å²) in [7, 11) is 2.12. The van der Waals surface area contributed by atoms with Crippen molar-refractivity contribution < 1.29 is 9.84 Å². The van der Waals surface area contributed by atoms with Crippen LogP contribution in [0.4, 0.5) is 0 Å². The lowest BCUT2D eigenvalue weighted by Crippen LogP contribution is -2.42. The molecular weight excluding hydrogens is 270 g/mol. The average molecular weight is 297 g/mol. The summed E-state index contributed by atoms with van der Waals surface area (Å²) in [5.74, 6) is 0.116. The van der Waals surface area contributed by atoms with Crippen molar-refractivity contribution in [1.82, 2.24) is 4.90 Å². The topological polar surface area (TPSA) is 32.7 Å². The van der Waals surface area contributed by atoms with Gasteiger partial charge in [-0.15, -0.1) is 11.3 Å². The van der Waals surface area contributed by atoms with Crippen molar-refractivity contribution in [3.05, 3.63) is 22.4 Å². The van der Waals surface area contributed by atoms with Crippen molar-refractivity contribution in [1.29, 1.82) is 0 Å². The maximum absolute atomic E-state index is 10.6. The third-order valence-electron chi connectivity index (χ3n) is 4.61. The van der Waals surface area contributed by atoms with E-state index < -0.39 is 11.7 Å². The van der Waals surface area contributed by atoms with Gasteiger partial charge in [0, 0.05) is 23.4 Å². The van der Waals surface area contributed by atoms with Crippen molar-refractivity contribution in [3.8, 4) is 0 Å². The number of thiophene rings is 1. The van der Waals surface area contributed by atoms with Gasteiger partial charge in [-0.2, -0.15) is 0 Å². The summed E-state index contributed by atoms with van der Waals surface area (Å²) in [6, 6.07) is 4.62. The SMILES string of the molecule is CC(c1cccs1)N(C)CC1C(O)C(C)(C)OC1(C)C. The maximum Gasteiger partial charge on any atom is 0.0896 e. The molecule has 1 aliphatic heterocycles. The first-order valence-corrected chi connectivity index (χ1v) is 8.15. The van der Waals surface area contributed by atoms with E-state index in [0.29, 0.717) is 6.04 Å². The van der Waals surface area contributed by atoms with Crippen LogP contribution in [0.3, 0.4) is 0 Å². The Morgan fingerprint density at radius 1 is 1.35 bits per heavy atom. The molecule has 0 bridgehead atoms. The van der Waals surface area contributed by atoms with E-state index in [1.54, 1.807) is 11.3 Å². The standard InChI is InChI=1S/C16H27NO2S/c1-11(13-8-7-9-20-13)17(6)10-12-14(18)16(4,5)19-15(12,2)3/h7-9,11-12,14,18H,10H2,1-6H3. The van der Waals surface area contributed by atoms with Gasteiger partial charge in [0.2, 0.25) is 0 Å². The van der Waals surface area contributed by atoms with E-state index in [1.807, 2.05) is 13.8 Å². The molecule has 1 aromatic heterocycles. The molecule has 1 saturated heterocycles. The van der Waals surface area contributed by atoms with Gasteiger partial charge in [-0.25, -0.2) is 0 Å². The first-order chi connectivity index (χ1) is 9.15. The molecule has 2 heterocycles. The molecule has 2 rings (SSSR count). The predicted octanol–water partition coefficient (Wildman–Crippen LogP) is 3.31. The van der Waals surface area contributed by atoms with Gasteiger partial charge in [0.25, 0.3) is 0 Å². The number of ether oxygens (including phenoxy) is 1. The van der Waals surface area contributed by atoms with E-state index in [2.05, 4.69) is 50.2 Å². The number of aliphatic hydroxyl groups excluding tert-OH is 1. The summed E-state index contributed by atoms with van der Waals surface area (Å²) in [5, 5.41) is 12.7. The van der Waals surface area contributed by atoms with Gasteiger partial charge >= 0.3 is 0 Å². The Bertz CT molecular complexity index is 441. The Morgan fingerprint density at radius 2 is 2.00 bits per heavy atom. The number of hydrogen-bond acceptors (Lipinski definition) is 4. The second-order valence-electron chi connectivity index (χ2n) is 6.99. The highest BCUT2D eigenvalue weighted by Crippen LogP contribution is 2.43. The molecule has 0 aliphatic carbocycles. The third-order valence-corrected chi connectivity index (χ3v) is 5.66. The molecule has 3 nitrogen and oxygen atoms in total. The first kappa shape index (κ1) is 16.0. The van der Waals surface area contributed by atoms with Crippen molar-refractivity contribution in [2.75, 3.05) is 13.6 Å². The number of hydrogen-bond donors (Lipinski definition) is 1. The van der Waals surface area contributed by atoms with Gasteiger partial charge in [0.05, 0.1) is 17.3 Å². The van der Waals surface area contributed by atoms with E-state index >= 15 is 0 Å². The fourth-order valence-electron chi connectivity index (χ4n) is 3.21. The molecule has 3 unspecified atom stereocenters. The highest BCUT2D eigenvalue weighted by atomic mass is 32.1. The molecule has 1 aromatic rings. The van der Waals surface area contributed by atoms with Crippen LogP contribution in [0.25, 0.3) is 0 Å². The molecule has 20 heavy (non-hydrogen) atoms. The van der Waals surface area contributed by atoms with E-state index in [-0.39, 0.29) is 11.5 Å². The lowest BCUT2D eigenvalue weighted by molar-refractivity contribution is -0.0914. The molecule has 114 valence electrons. The molecule has 1 aliphatic rings. The van der Waals surface area contributed by atoms with Crippen molar-refractivity contribution >= 4 is 11.3 Å². The van der Waals surface area contributed by atoms with E-state index in [1.165, 1.54) is 4.88 Å². The Hall–Kier alpha value is -0.420. The highest BCUT2D eigenvalue weighted by Gasteiger charge is 2.53. The predicted molar refractivity (Wildman–Crippen MR) is 84.1 cm³/mol. The minimum atomic E-state index is -0.471. The van der Waals surface area contributed by atoms with Gasteiger partial charge in [-0.05, 0) is 53.1 Å². The molecule has 3 atom stereocenters. The minimum Gasteiger partial charge on any atom is -0.390 e. The number of aliphatic hydroxyl groups is 1. The van der Waals surface area contributed by atoms with E-state index in [9.17, 15) is 5.11 Å². The minimum absolute atomic E-state index is 0.116. The normalized spacial score (nSPS) is 29.8. The molecule has 0 spiro atoms. The fourth-order valence-corrected chi connectivity index (χ4v) is 4.06. The van der Waals surface area contributed by atoms with Crippen molar-refractivity contribution in [2.45, 2.75) is 58.0 Å². The molecular formula is C16H27NO2S. The smallest absolute Gasteiger partial charge is 0.0896 e. The van der Waals surface area contributed by atoms with Crippen LogP contribution >= 0.6 is 11.3 Å². The van der Waals surface area contributed by atoms with E-state index in [0.717, 1.165) is 6.54 Å². The second-order valence-corrected chi connectivity index (χ2v) is 7.97. The first-order valence-electron chi connectivity index (χ1n) is 7.27. The van der Waals surface area contributed by atoms with Gasteiger partial charge in [-0.1, -0.05) is 6.07 Å². The van der Waals surface area contributed by atoms with Gasteiger partial charge < -0.3 is 9.84 Å². The number of rotatable bonds is 4. The van der Waals surface area contributed by atoms with Gasteiger partial charge in [-0.3, -0.25) is 4.90 Å². The lowest BCUT2D eigenvalue weighted by atomic mass is 9.84. The fraction of sp³-hybridized carbons (Fsp3) is 0.750. The van der Waals surface area contributed by atoms with Crippen molar-refractivity contribution in [3.63, 3.8) is 0 Å². The van der Waals surface area contributed by atoms with Crippen LogP contribution in [-0.2, 0) is 4.74 Å². The molecule has 1 N–H and O–H groups in total. The summed E-state index contributed by atoms with van der Waals surface area (Å²) in [4.78, 5) is 3.67. The molecule has 0 radical (unpaired) electrons. The Balaban J connectivity index is 2.09. The van der Waals surface area contributed by atoms with E-state index in [4.69, 9.17) is 4.74 Å². The third kappa shape index (κ3) is 2.93. The molecule has 1 fully saturated rings. The monoisotopic (exact) mass is 297 g/mol. The second kappa shape index (κ2) is 5.41. The average Bonchev–Trinajstić information content (AvgIpc) is 2.89. The van der Waals surface area contributed by atoms with Crippen LogP contribution in [0.2, 0.25) is 0 Å². The lowest BCUT2D eigenvalue weighted by Gasteiger charge is -2.33. The van der Waals surface area contributed by atoms with Gasteiger partial charge in [0.1, 0.15) is 0 Å². The molecule has 0 aromatic carbocycles. The van der Waals surface area contributed by atoms with Crippen molar-refractivity contribution in [2.24, 2.45) is 5.92 Å². The zero-order valence-electron chi connectivity index (χ0n) is 13.4. The molecule has 0 amide bonds. The summed E-state index contributed by atoms with van der Waals surface area (Å²) < 4.78 is 6.06. The quantitative estimate of drug-likeness (QED) is 0.925. The zero-order valence-corrected chi connectivity index (χ0v) is 14.2. The zero-order chi connectivity index (χ0) is 15.1. The van der Waals surface area contributed by atoms with Crippen LogP contribution in [0.15, 0.2) is 17.5 Å². The highest BCUT2D eigenvalue weighted by molar-refractivity contribution is 7.10. The molecule has 0 saturated carbocycles. The van der Waals surface area contributed by atoms with Gasteiger partial charge in [0.15, 0.2) is 0 Å². The summed E-state index contributed by atoms with van der Waals surface area (Å²) >= 11 is 1.78. The largest absolute Gasteiger partial charge is 0.390 e. The summed E-state index contributed by atoms with van der Waals surface area (Å²) in [6.45, 7) is 11.2. The Kier molecular flexibility index (Phi) is 4.32. The van der Waals surface area contributed by atoms with Crippen LogP contribution in [-0.4, -0.2) is 40.9 Å². The molecule has 4 heteroatoms. The van der Waals surface area contributed by atoms with Crippen LogP contribution in [0, 0.1) is 5.92 Å². The Morgan fingerprint density at radius 3 is 2.45 bits per heavy atom. The maximum atomic E-state index is 10.6. The summed E-state index contributed by atoms with van der Waals surface area (Å²) in [6.07, 6.45) is -0.435. The summed E-state index contributed by atoms with van der Waals surface area (Å²) in [5.41, 5.74) is -0.770. The van der Waals surface area contributed by atoms with Crippen LogP contribution in [0.1, 0.15) is 45.5 Å². The van der Waals surface area contributed by atoms with Crippen LogP contribution < -0.4 is 0 Å².